The van der Waals surface area contributed by atoms with Crippen LogP contribution in [0.2, 0.25) is 0 Å². The lowest BCUT2D eigenvalue weighted by atomic mass is 10.0. The molecule has 0 radical (unpaired) electrons. The fourth-order valence-electron chi connectivity index (χ4n) is 1.88. The quantitative estimate of drug-likeness (QED) is 0.824. The summed E-state index contributed by atoms with van der Waals surface area (Å²) in [6, 6.07) is 4.84. The minimum atomic E-state index is -0.770. The van der Waals surface area contributed by atoms with Crippen LogP contribution in [0.3, 0.4) is 0 Å². The van der Waals surface area contributed by atoms with Gasteiger partial charge in [-0.05, 0) is 18.1 Å². The minimum absolute atomic E-state index is 0.0965. The highest BCUT2D eigenvalue weighted by Crippen LogP contribution is 2.10. The number of benzene rings is 1. The summed E-state index contributed by atoms with van der Waals surface area (Å²) < 4.78 is 13.6. The van der Waals surface area contributed by atoms with Crippen molar-refractivity contribution in [2.45, 2.75) is 19.9 Å². The van der Waals surface area contributed by atoms with Crippen LogP contribution in [0.1, 0.15) is 24.2 Å². The summed E-state index contributed by atoms with van der Waals surface area (Å²) >= 11 is 0. The topological polar surface area (TPSA) is 69.6 Å². The predicted octanol–water partition coefficient (Wildman–Crippen LogP) is 1.03. The molecule has 1 aromatic rings. The van der Waals surface area contributed by atoms with Crippen LogP contribution in [0.15, 0.2) is 24.3 Å². The van der Waals surface area contributed by atoms with Crippen LogP contribution in [0.4, 0.5) is 4.39 Å². The van der Waals surface area contributed by atoms with E-state index >= 15 is 0 Å². The lowest BCUT2D eigenvalue weighted by molar-refractivity contribution is -0.133. The summed E-state index contributed by atoms with van der Waals surface area (Å²) in [7, 11) is 1.54. The van der Waals surface area contributed by atoms with Crippen LogP contribution in [-0.2, 0) is 4.79 Å². The molecule has 0 heterocycles. The fraction of sp³-hybridized carbons (Fsp3) is 0.467. The number of hydrogen-bond donors (Lipinski definition) is 2. The van der Waals surface area contributed by atoms with E-state index in [0.717, 1.165) is 0 Å². The normalized spacial score (nSPS) is 12.1. The summed E-state index contributed by atoms with van der Waals surface area (Å²) in [6.45, 7) is 3.60. The number of aliphatic hydroxyl groups is 1. The molecule has 5 nitrogen and oxygen atoms in total. The lowest BCUT2D eigenvalue weighted by Crippen LogP contribution is -2.50. The number of rotatable bonds is 6. The van der Waals surface area contributed by atoms with Gasteiger partial charge in [0, 0.05) is 13.6 Å². The van der Waals surface area contributed by atoms with Crippen molar-refractivity contribution in [2.75, 3.05) is 20.2 Å². The van der Waals surface area contributed by atoms with Crippen LogP contribution in [-0.4, -0.2) is 48.1 Å². The summed E-state index contributed by atoms with van der Waals surface area (Å²) in [5, 5.41) is 11.4. The third kappa shape index (κ3) is 4.53. The van der Waals surface area contributed by atoms with E-state index in [9.17, 15) is 14.0 Å². The Balaban J connectivity index is 2.87. The van der Waals surface area contributed by atoms with Gasteiger partial charge in [-0.2, -0.15) is 0 Å². The Morgan fingerprint density at radius 2 is 1.95 bits per heavy atom. The number of halogens is 1. The van der Waals surface area contributed by atoms with Gasteiger partial charge in [-0.25, -0.2) is 4.39 Å². The summed E-state index contributed by atoms with van der Waals surface area (Å²) in [5.41, 5.74) is -0.0965. The van der Waals surface area contributed by atoms with Gasteiger partial charge in [-0.3, -0.25) is 9.59 Å². The second-order valence-electron chi connectivity index (χ2n) is 5.16. The van der Waals surface area contributed by atoms with Crippen molar-refractivity contribution in [1.29, 1.82) is 0 Å². The molecule has 116 valence electrons. The van der Waals surface area contributed by atoms with Crippen LogP contribution in [0.25, 0.3) is 0 Å². The zero-order chi connectivity index (χ0) is 16.0. The van der Waals surface area contributed by atoms with Gasteiger partial charge in [0.15, 0.2) is 0 Å². The van der Waals surface area contributed by atoms with E-state index in [1.54, 1.807) is 27.0 Å². The summed E-state index contributed by atoms with van der Waals surface area (Å²) in [6.07, 6.45) is 0. The monoisotopic (exact) mass is 296 g/mol. The van der Waals surface area contributed by atoms with Crippen LogP contribution >= 0.6 is 0 Å². The van der Waals surface area contributed by atoms with Crippen molar-refractivity contribution in [1.82, 2.24) is 10.2 Å². The fourth-order valence-corrected chi connectivity index (χ4v) is 1.88. The Hall–Kier alpha value is -1.95. The third-order valence-corrected chi connectivity index (χ3v) is 3.15. The molecule has 0 aliphatic carbocycles. The van der Waals surface area contributed by atoms with Gasteiger partial charge < -0.3 is 15.3 Å². The first-order chi connectivity index (χ1) is 9.88. The van der Waals surface area contributed by atoms with Gasteiger partial charge in [0.05, 0.1) is 12.2 Å². The molecular weight excluding hydrogens is 275 g/mol. The average molecular weight is 296 g/mol. The average Bonchev–Trinajstić information content (AvgIpc) is 2.44. The molecule has 0 aromatic heterocycles. The van der Waals surface area contributed by atoms with Gasteiger partial charge in [-0.15, -0.1) is 0 Å². The van der Waals surface area contributed by atoms with Crippen LogP contribution < -0.4 is 5.32 Å². The first-order valence-electron chi connectivity index (χ1n) is 6.79. The van der Waals surface area contributed by atoms with Crippen molar-refractivity contribution in [3.8, 4) is 0 Å². The Morgan fingerprint density at radius 1 is 1.33 bits per heavy atom. The molecule has 1 atom stereocenters. The molecule has 2 amide bonds. The van der Waals surface area contributed by atoms with E-state index in [1.807, 2.05) is 0 Å². The molecule has 0 saturated heterocycles. The molecule has 0 saturated carbocycles. The highest BCUT2D eigenvalue weighted by atomic mass is 19.1. The molecule has 6 heteroatoms. The molecular formula is C15H21FN2O3. The van der Waals surface area contributed by atoms with E-state index in [2.05, 4.69) is 5.32 Å². The SMILES string of the molecule is CC(C)C(NC(=O)c1ccccc1F)C(=O)N(C)CCO. The highest BCUT2D eigenvalue weighted by Gasteiger charge is 2.27. The summed E-state index contributed by atoms with van der Waals surface area (Å²) in [4.78, 5) is 25.7. The van der Waals surface area contributed by atoms with E-state index < -0.39 is 17.8 Å². The first-order valence-corrected chi connectivity index (χ1v) is 6.79. The molecule has 0 bridgehead atoms. The van der Waals surface area contributed by atoms with Crippen LogP contribution in [0.5, 0.6) is 0 Å². The number of nitrogens with zero attached hydrogens (tertiary/aromatic N) is 1. The number of likely N-dealkylation sites (N-methyl/N-ethyl adjacent to an activating group) is 1. The highest BCUT2D eigenvalue weighted by molar-refractivity contribution is 5.97. The maximum absolute atomic E-state index is 13.6. The largest absolute Gasteiger partial charge is 0.395 e. The Bertz CT molecular complexity index is 505. The third-order valence-electron chi connectivity index (χ3n) is 3.15. The molecule has 0 aliphatic heterocycles. The van der Waals surface area contributed by atoms with E-state index in [0.29, 0.717) is 0 Å². The van der Waals surface area contributed by atoms with Gasteiger partial charge >= 0.3 is 0 Å². The summed E-state index contributed by atoms with van der Waals surface area (Å²) in [5.74, 6) is -1.73. The minimum Gasteiger partial charge on any atom is -0.395 e. The lowest BCUT2D eigenvalue weighted by Gasteiger charge is -2.26. The standard InChI is InChI=1S/C15H21FN2O3/c1-10(2)13(15(21)18(3)8-9-19)17-14(20)11-6-4-5-7-12(11)16/h4-7,10,13,19H,8-9H2,1-3H3,(H,17,20). The predicted molar refractivity (Wildman–Crippen MR) is 77.2 cm³/mol. The maximum Gasteiger partial charge on any atom is 0.254 e. The number of nitrogens with one attached hydrogen (secondary N) is 1. The molecule has 1 aromatic carbocycles. The molecule has 0 spiro atoms. The van der Waals surface area contributed by atoms with E-state index in [4.69, 9.17) is 5.11 Å². The molecule has 2 N–H and O–H groups in total. The Labute approximate surface area is 123 Å². The molecule has 21 heavy (non-hydrogen) atoms. The van der Waals surface area contributed by atoms with Crippen LogP contribution in [0, 0.1) is 11.7 Å². The van der Waals surface area contributed by atoms with Crippen molar-refractivity contribution < 1.29 is 19.1 Å². The van der Waals surface area contributed by atoms with E-state index in [1.165, 1.54) is 23.1 Å². The zero-order valence-electron chi connectivity index (χ0n) is 12.5. The molecule has 1 rings (SSSR count). The smallest absolute Gasteiger partial charge is 0.254 e. The van der Waals surface area contributed by atoms with Gasteiger partial charge in [0.2, 0.25) is 5.91 Å². The second-order valence-corrected chi connectivity index (χ2v) is 5.16. The number of aliphatic hydroxyl groups excluding tert-OH is 1. The number of amides is 2. The Morgan fingerprint density at radius 3 is 2.48 bits per heavy atom. The first kappa shape index (κ1) is 17.1. The van der Waals surface area contributed by atoms with Gasteiger partial charge in [0.25, 0.3) is 5.91 Å². The van der Waals surface area contributed by atoms with Gasteiger partial charge in [0.1, 0.15) is 11.9 Å². The van der Waals surface area contributed by atoms with Gasteiger partial charge in [-0.1, -0.05) is 26.0 Å². The number of carbonyl (C=O) groups is 2. The Kier molecular flexibility index (Phi) is 6.30. The second kappa shape index (κ2) is 7.73. The number of carbonyl (C=O) groups excluding carboxylic acids is 2. The van der Waals surface area contributed by atoms with Crippen molar-refractivity contribution in [2.24, 2.45) is 5.92 Å². The maximum atomic E-state index is 13.6. The number of hydrogen-bond acceptors (Lipinski definition) is 3. The van der Waals surface area contributed by atoms with E-state index in [-0.39, 0.29) is 30.5 Å². The molecule has 0 fully saturated rings. The van der Waals surface area contributed by atoms with Crippen molar-refractivity contribution in [3.63, 3.8) is 0 Å². The molecule has 0 aliphatic rings. The van der Waals surface area contributed by atoms with Crippen molar-refractivity contribution >= 4 is 11.8 Å². The molecule has 1 unspecified atom stereocenters. The zero-order valence-corrected chi connectivity index (χ0v) is 12.5. The van der Waals surface area contributed by atoms with Crippen molar-refractivity contribution in [3.05, 3.63) is 35.6 Å².